The van der Waals surface area contributed by atoms with E-state index in [1.165, 1.54) is 0 Å². The van der Waals surface area contributed by atoms with E-state index >= 15 is 0 Å². The third-order valence-electron chi connectivity index (χ3n) is 0.955. The van der Waals surface area contributed by atoms with E-state index in [9.17, 15) is 0 Å². The third kappa shape index (κ3) is 4.45. The SMILES string of the molecule is [B]C(C)(CNC)NNC. The van der Waals surface area contributed by atoms with Gasteiger partial charge >= 0.3 is 0 Å². The molecular formula is C5H14BN3. The van der Waals surface area contributed by atoms with Crippen LogP contribution in [0, 0.1) is 0 Å². The van der Waals surface area contributed by atoms with Crippen molar-refractivity contribution in [3.63, 3.8) is 0 Å². The normalized spacial score (nSPS) is 17.2. The van der Waals surface area contributed by atoms with Gasteiger partial charge in [-0.15, -0.1) is 0 Å². The molecule has 0 aromatic rings. The zero-order valence-electron chi connectivity index (χ0n) is 6.28. The highest BCUT2D eigenvalue weighted by Gasteiger charge is 2.12. The van der Waals surface area contributed by atoms with Gasteiger partial charge in [0.2, 0.25) is 0 Å². The number of nitrogens with one attached hydrogen (secondary N) is 3. The molecule has 1 atom stereocenters. The summed E-state index contributed by atoms with van der Waals surface area (Å²) in [5.41, 5.74) is 5.29. The number of likely N-dealkylation sites (N-methyl/N-ethyl adjacent to an activating group) is 1. The highest BCUT2D eigenvalue weighted by molar-refractivity contribution is 6.15. The van der Waals surface area contributed by atoms with Gasteiger partial charge in [0.15, 0.2) is 0 Å². The topological polar surface area (TPSA) is 36.1 Å². The van der Waals surface area contributed by atoms with E-state index in [4.69, 9.17) is 7.85 Å². The van der Waals surface area contributed by atoms with Crippen molar-refractivity contribution in [1.29, 1.82) is 0 Å². The van der Waals surface area contributed by atoms with Gasteiger partial charge < -0.3 is 5.32 Å². The van der Waals surface area contributed by atoms with Crippen molar-refractivity contribution < 1.29 is 0 Å². The van der Waals surface area contributed by atoms with Crippen LogP contribution in [0.3, 0.4) is 0 Å². The van der Waals surface area contributed by atoms with Crippen LogP contribution in [0.4, 0.5) is 0 Å². The molecule has 0 fully saturated rings. The highest BCUT2D eigenvalue weighted by Crippen LogP contribution is 1.90. The lowest BCUT2D eigenvalue weighted by Gasteiger charge is -2.25. The number of rotatable bonds is 4. The number of hydrogen-bond donors (Lipinski definition) is 3. The van der Waals surface area contributed by atoms with Gasteiger partial charge in [-0.2, -0.15) is 0 Å². The lowest BCUT2D eigenvalue weighted by molar-refractivity contribution is 0.423. The molecule has 2 radical (unpaired) electrons. The Morgan fingerprint density at radius 1 is 1.44 bits per heavy atom. The minimum Gasteiger partial charge on any atom is -0.319 e. The predicted molar refractivity (Wildman–Crippen MR) is 40.3 cm³/mol. The fourth-order valence-electron chi connectivity index (χ4n) is 0.697. The Morgan fingerprint density at radius 3 is 2.33 bits per heavy atom. The van der Waals surface area contributed by atoms with Crippen LogP contribution in [0.1, 0.15) is 6.92 Å². The molecule has 4 heteroatoms. The van der Waals surface area contributed by atoms with Gasteiger partial charge in [0, 0.05) is 12.0 Å². The van der Waals surface area contributed by atoms with Crippen LogP contribution in [0.5, 0.6) is 0 Å². The van der Waals surface area contributed by atoms with Gasteiger partial charge in [0.25, 0.3) is 0 Å². The minimum absolute atomic E-state index is 0.372. The van der Waals surface area contributed by atoms with E-state index in [1.807, 2.05) is 14.0 Å². The van der Waals surface area contributed by atoms with Crippen molar-refractivity contribution in [2.75, 3.05) is 20.6 Å². The van der Waals surface area contributed by atoms with Crippen LogP contribution in [0.25, 0.3) is 0 Å². The van der Waals surface area contributed by atoms with Gasteiger partial charge in [-0.25, -0.2) is 0 Å². The van der Waals surface area contributed by atoms with Crippen molar-refractivity contribution >= 4 is 7.85 Å². The molecule has 0 saturated heterocycles. The van der Waals surface area contributed by atoms with E-state index in [0.29, 0.717) is 0 Å². The molecular weight excluding hydrogens is 113 g/mol. The maximum atomic E-state index is 5.70. The Hall–Kier alpha value is -0.0551. The van der Waals surface area contributed by atoms with Gasteiger partial charge in [-0.1, -0.05) is 6.92 Å². The van der Waals surface area contributed by atoms with E-state index in [-0.39, 0.29) is 5.44 Å². The lowest BCUT2D eigenvalue weighted by Crippen LogP contribution is -2.54. The Balaban J connectivity index is 3.43. The van der Waals surface area contributed by atoms with Crippen LogP contribution in [0.15, 0.2) is 0 Å². The molecule has 0 aromatic heterocycles. The van der Waals surface area contributed by atoms with Crippen LogP contribution in [-0.2, 0) is 0 Å². The molecule has 0 amide bonds. The van der Waals surface area contributed by atoms with E-state index in [2.05, 4.69) is 16.2 Å². The standard InChI is InChI=1S/C5H14BN3/c1-5(6,4-7-2)9-8-3/h7-9H,4H2,1-3H3. The fourth-order valence-corrected chi connectivity index (χ4v) is 0.697. The predicted octanol–water partition coefficient (Wildman–Crippen LogP) is -1.19. The molecule has 1 unspecified atom stereocenters. The zero-order valence-corrected chi connectivity index (χ0v) is 6.28. The van der Waals surface area contributed by atoms with E-state index in [0.717, 1.165) is 6.54 Å². The van der Waals surface area contributed by atoms with Crippen LogP contribution in [-0.4, -0.2) is 33.9 Å². The zero-order chi connectivity index (χ0) is 7.33. The molecule has 0 heterocycles. The van der Waals surface area contributed by atoms with Gasteiger partial charge in [-0.05, 0) is 14.1 Å². The summed E-state index contributed by atoms with van der Waals surface area (Å²) in [5, 5.41) is 2.97. The van der Waals surface area contributed by atoms with Crippen molar-refractivity contribution in [3.05, 3.63) is 0 Å². The first-order valence-corrected chi connectivity index (χ1v) is 3.00. The largest absolute Gasteiger partial charge is 0.319 e. The number of hydrogen-bond acceptors (Lipinski definition) is 3. The Bertz CT molecular complexity index is 66.6. The molecule has 52 valence electrons. The van der Waals surface area contributed by atoms with Crippen molar-refractivity contribution in [1.82, 2.24) is 16.2 Å². The molecule has 0 aliphatic carbocycles. The lowest BCUT2D eigenvalue weighted by atomic mass is 9.80. The Morgan fingerprint density at radius 2 is 2.00 bits per heavy atom. The van der Waals surface area contributed by atoms with E-state index < -0.39 is 0 Å². The van der Waals surface area contributed by atoms with E-state index in [1.54, 1.807) is 7.05 Å². The summed E-state index contributed by atoms with van der Waals surface area (Å²) < 4.78 is 0. The second-order valence-electron chi connectivity index (χ2n) is 2.32. The highest BCUT2D eigenvalue weighted by atomic mass is 15.4. The Labute approximate surface area is 58.0 Å². The van der Waals surface area contributed by atoms with Gasteiger partial charge in [0.1, 0.15) is 0 Å². The smallest absolute Gasteiger partial charge is 0.0987 e. The molecule has 9 heavy (non-hydrogen) atoms. The number of hydrazine groups is 1. The summed E-state index contributed by atoms with van der Waals surface area (Å²) >= 11 is 0. The minimum atomic E-state index is -0.372. The van der Waals surface area contributed by atoms with Crippen LogP contribution >= 0.6 is 0 Å². The van der Waals surface area contributed by atoms with Crippen molar-refractivity contribution in [2.45, 2.75) is 12.4 Å². The van der Waals surface area contributed by atoms with Gasteiger partial charge in [-0.3, -0.25) is 10.9 Å². The monoisotopic (exact) mass is 127 g/mol. The first-order valence-electron chi connectivity index (χ1n) is 3.00. The molecule has 0 rings (SSSR count). The van der Waals surface area contributed by atoms with Gasteiger partial charge in [0.05, 0.1) is 7.85 Å². The second-order valence-corrected chi connectivity index (χ2v) is 2.32. The maximum Gasteiger partial charge on any atom is 0.0987 e. The van der Waals surface area contributed by atoms with Crippen LogP contribution < -0.4 is 16.2 Å². The van der Waals surface area contributed by atoms with Crippen molar-refractivity contribution in [2.24, 2.45) is 0 Å². The third-order valence-corrected chi connectivity index (χ3v) is 0.955. The summed E-state index contributed by atoms with van der Waals surface area (Å²) in [4.78, 5) is 0. The summed E-state index contributed by atoms with van der Waals surface area (Å²) in [6, 6.07) is 0. The molecule has 3 N–H and O–H groups in total. The molecule has 0 spiro atoms. The quantitative estimate of drug-likeness (QED) is 0.328. The molecule has 0 aromatic carbocycles. The molecule has 0 saturated carbocycles. The first-order chi connectivity index (χ1) is 4.12. The van der Waals surface area contributed by atoms with Crippen LogP contribution in [0.2, 0.25) is 0 Å². The maximum absolute atomic E-state index is 5.70. The summed E-state index contributed by atoms with van der Waals surface area (Å²) in [6.45, 7) is 2.63. The summed E-state index contributed by atoms with van der Waals surface area (Å²) in [6.07, 6.45) is 0. The first kappa shape index (κ1) is 8.94. The molecule has 0 bridgehead atoms. The average molecular weight is 127 g/mol. The summed E-state index contributed by atoms with van der Waals surface area (Å²) in [7, 11) is 9.36. The molecule has 0 aliphatic rings. The molecule has 0 aliphatic heterocycles. The summed E-state index contributed by atoms with van der Waals surface area (Å²) in [5.74, 6) is 0. The Kier molecular flexibility index (Phi) is 3.85. The average Bonchev–Trinajstić information content (AvgIpc) is 1.64. The second kappa shape index (κ2) is 3.87. The van der Waals surface area contributed by atoms with Crippen molar-refractivity contribution in [3.8, 4) is 0 Å². The fraction of sp³-hybridized carbons (Fsp3) is 1.00. The molecule has 3 nitrogen and oxygen atoms in total.